The molecule has 10 heteroatoms. The van der Waals surface area contributed by atoms with Gasteiger partial charge in [-0.1, -0.05) is 41.9 Å². The van der Waals surface area contributed by atoms with Gasteiger partial charge in [0.2, 0.25) is 5.88 Å². The highest BCUT2D eigenvalue weighted by atomic mass is 35.5. The average molecular weight is 602 g/mol. The van der Waals surface area contributed by atoms with Crippen molar-refractivity contribution in [2.75, 3.05) is 12.0 Å². The summed E-state index contributed by atoms with van der Waals surface area (Å²) in [6.45, 7) is 6.94. The number of halogens is 1. The van der Waals surface area contributed by atoms with Crippen molar-refractivity contribution >= 4 is 34.9 Å². The van der Waals surface area contributed by atoms with Gasteiger partial charge in [0.25, 0.3) is 11.5 Å². The molecule has 1 aromatic heterocycles. The van der Waals surface area contributed by atoms with Crippen LogP contribution < -0.4 is 15.2 Å². The lowest BCUT2D eigenvalue weighted by Gasteiger charge is -2.38. The Kier molecular flexibility index (Phi) is 9.16. The lowest BCUT2D eigenvalue weighted by Crippen LogP contribution is -2.51. The minimum atomic E-state index is -1.11. The molecular weight excluding hydrogens is 570 g/mol. The first-order valence-electron chi connectivity index (χ1n) is 13.5. The van der Waals surface area contributed by atoms with Gasteiger partial charge in [0.05, 0.1) is 18.2 Å². The third kappa shape index (κ3) is 6.84. The number of aromatic nitrogens is 2. The number of anilines is 1. The molecule has 0 saturated carbocycles. The predicted octanol–water partition coefficient (Wildman–Crippen LogP) is 6.09. The zero-order chi connectivity index (χ0) is 31.5. The van der Waals surface area contributed by atoms with E-state index in [4.69, 9.17) is 16.3 Å². The zero-order valence-electron chi connectivity index (χ0n) is 24.5. The molecule has 0 saturated heterocycles. The summed E-state index contributed by atoms with van der Waals surface area (Å²) >= 11 is 6.24. The minimum absolute atomic E-state index is 0.0309. The summed E-state index contributed by atoms with van der Waals surface area (Å²) in [5.74, 6) is -1.72. The van der Waals surface area contributed by atoms with Crippen LogP contribution in [0.3, 0.4) is 0 Å². The van der Waals surface area contributed by atoms with Crippen LogP contribution >= 0.6 is 11.6 Å². The van der Waals surface area contributed by atoms with E-state index in [0.29, 0.717) is 21.8 Å². The van der Waals surface area contributed by atoms with Crippen molar-refractivity contribution in [1.82, 2.24) is 9.78 Å². The van der Waals surface area contributed by atoms with Crippen LogP contribution in [0.4, 0.5) is 5.69 Å². The van der Waals surface area contributed by atoms with Crippen LogP contribution in [0.25, 0.3) is 11.1 Å². The number of ketones is 1. The van der Waals surface area contributed by atoms with Crippen LogP contribution in [0.15, 0.2) is 83.7 Å². The summed E-state index contributed by atoms with van der Waals surface area (Å²) in [6, 6.07) is 20.1. The molecule has 4 aromatic rings. The second-order valence-electron chi connectivity index (χ2n) is 11.0. The number of hydrogen-bond donors (Lipinski definition) is 1. The van der Waals surface area contributed by atoms with E-state index in [-0.39, 0.29) is 29.2 Å². The number of aromatic carboxylic acids is 1. The van der Waals surface area contributed by atoms with E-state index in [1.807, 2.05) is 51.1 Å². The number of carboxylic acids is 1. The van der Waals surface area contributed by atoms with Crippen LogP contribution in [0.1, 0.15) is 60.0 Å². The number of carbonyl (C=O) groups is 3. The number of nitrogens with zero attached hydrogens (tertiary/aromatic N) is 3. The third-order valence-electron chi connectivity index (χ3n) is 6.88. The molecule has 0 aliphatic carbocycles. The zero-order valence-corrected chi connectivity index (χ0v) is 25.3. The Morgan fingerprint density at radius 3 is 2.19 bits per heavy atom. The predicted molar refractivity (Wildman–Crippen MR) is 165 cm³/mol. The quantitative estimate of drug-likeness (QED) is 0.231. The van der Waals surface area contributed by atoms with E-state index in [2.05, 4.69) is 5.10 Å². The van der Waals surface area contributed by atoms with Crippen LogP contribution in [0.5, 0.6) is 5.88 Å². The first-order valence-corrected chi connectivity index (χ1v) is 13.9. The molecule has 9 nitrogen and oxygen atoms in total. The fourth-order valence-electron chi connectivity index (χ4n) is 4.93. The van der Waals surface area contributed by atoms with Crippen LogP contribution in [-0.4, -0.2) is 45.2 Å². The van der Waals surface area contributed by atoms with Crippen molar-refractivity contribution in [3.05, 3.63) is 111 Å². The topological polar surface area (TPSA) is 119 Å². The number of amides is 1. The van der Waals surface area contributed by atoms with Crippen molar-refractivity contribution < 1.29 is 24.2 Å². The van der Waals surface area contributed by atoms with Crippen molar-refractivity contribution in [2.45, 2.75) is 45.7 Å². The maximum atomic E-state index is 14.5. The largest absolute Gasteiger partial charge is 0.480 e. The molecule has 4 rings (SSSR count). The highest BCUT2D eigenvalue weighted by molar-refractivity contribution is 6.31. The summed E-state index contributed by atoms with van der Waals surface area (Å²) in [6.07, 6.45) is 0.130. The molecule has 0 spiro atoms. The number of benzene rings is 3. The summed E-state index contributed by atoms with van der Waals surface area (Å²) < 4.78 is 6.69. The van der Waals surface area contributed by atoms with Crippen molar-refractivity contribution in [3.63, 3.8) is 0 Å². The molecule has 0 fully saturated rings. The summed E-state index contributed by atoms with van der Waals surface area (Å²) in [5.41, 5.74) is 0.964. The van der Waals surface area contributed by atoms with E-state index in [1.165, 1.54) is 37.1 Å². The lowest BCUT2D eigenvalue weighted by molar-refractivity contribution is -0.123. The third-order valence-corrected chi connectivity index (χ3v) is 7.12. The summed E-state index contributed by atoms with van der Waals surface area (Å²) in [5, 5.41) is 14.2. The van der Waals surface area contributed by atoms with Gasteiger partial charge in [0.1, 0.15) is 6.04 Å². The summed E-state index contributed by atoms with van der Waals surface area (Å²) in [4.78, 5) is 53.7. The maximum absolute atomic E-state index is 14.5. The fraction of sp³-hybridized carbons (Fsp3) is 0.242. The van der Waals surface area contributed by atoms with Crippen LogP contribution in [0.2, 0.25) is 5.02 Å². The molecule has 222 valence electrons. The first-order chi connectivity index (χ1) is 20.3. The van der Waals surface area contributed by atoms with Gasteiger partial charge >= 0.3 is 5.97 Å². The fourth-order valence-corrected chi connectivity index (χ4v) is 5.10. The number of ether oxygens (including phenoxy) is 1. The van der Waals surface area contributed by atoms with Crippen LogP contribution in [-0.2, 0) is 11.2 Å². The number of methoxy groups -OCH3 is 1. The first kappa shape index (κ1) is 31.2. The average Bonchev–Trinajstić information content (AvgIpc) is 2.96. The molecule has 1 N–H and O–H groups in total. The molecule has 0 bridgehead atoms. The molecule has 1 atom stereocenters. The van der Waals surface area contributed by atoms with Gasteiger partial charge in [-0.2, -0.15) is 0 Å². The van der Waals surface area contributed by atoms with Crippen molar-refractivity contribution in [3.8, 4) is 17.0 Å². The molecule has 0 aliphatic rings. The second kappa shape index (κ2) is 12.6. The highest BCUT2D eigenvalue weighted by Gasteiger charge is 2.36. The van der Waals surface area contributed by atoms with Gasteiger partial charge in [0.15, 0.2) is 5.78 Å². The van der Waals surface area contributed by atoms with E-state index in [1.54, 1.807) is 30.3 Å². The monoisotopic (exact) mass is 601 g/mol. The van der Waals surface area contributed by atoms with Gasteiger partial charge in [-0.15, -0.1) is 5.10 Å². The number of Topliss-reactive ketones (excluding diaryl/α,β-unsaturated/α-hetero) is 1. The number of hydrogen-bond acceptors (Lipinski definition) is 6. The van der Waals surface area contributed by atoms with Gasteiger partial charge in [-0.05, 0) is 81.3 Å². The highest BCUT2D eigenvalue weighted by Crippen LogP contribution is 2.34. The normalized spacial score (nSPS) is 12.0. The van der Waals surface area contributed by atoms with E-state index >= 15 is 0 Å². The van der Waals surface area contributed by atoms with Crippen molar-refractivity contribution in [2.24, 2.45) is 0 Å². The summed E-state index contributed by atoms with van der Waals surface area (Å²) in [7, 11) is 1.39. The standard InChI is InChI=1S/C33H32ClN3O6/c1-20(38)25-16-13-23(34)18-26(25)27-19-29(39)37(35-30(27)43-5)28(17-21-9-7-6-8-10-21)31(40)36(33(2,3)4)24-14-11-22(12-15-24)32(41)42/h6-16,18-19,28H,17H2,1-5H3,(H,41,42). The molecule has 0 radical (unpaired) electrons. The Morgan fingerprint density at radius 1 is 0.977 bits per heavy atom. The lowest BCUT2D eigenvalue weighted by atomic mass is 9.98. The van der Waals surface area contributed by atoms with Gasteiger partial charge in [-0.3, -0.25) is 14.4 Å². The van der Waals surface area contributed by atoms with E-state index in [9.17, 15) is 24.3 Å². The van der Waals surface area contributed by atoms with Crippen LogP contribution in [0, 0.1) is 0 Å². The molecular formula is C33H32ClN3O6. The Balaban J connectivity index is 1.91. The van der Waals surface area contributed by atoms with Gasteiger partial charge in [-0.25, -0.2) is 9.48 Å². The Bertz CT molecular complexity index is 1730. The molecule has 3 aromatic carbocycles. The van der Waals surface area contributed by atoms with Crippen molar-refractivity contribution in [1.29, 1.82) is 0 Å². The Morgan fingerprint density at radius 2 is 1.63 bits per heavy atom. The second-order valence-corrected chi connectivity index (χ2v) is 11.4. The molecule has 1 heterocycles. The smallest absolute Gasteiger partial charge is 0.335 e. The SMILES string of the molecule is COc1nn(C(Cc2ccccc2)C(=O)N(c2ccc(C(=O)O)cc2)C(C)(C)C)c(=O)cc1-c1cc(Cl)ccc1C(C)=O. The number of carbonyl (C=O) groups excluding carboxylic acids is 2. The number of rotatable bonds is 9. The number of carboxylic acid groups (broad SMARTS) is 1. The molecule has 1 amide bonds. The van der Waals surface area contributed by atoms with E-state index in [0.717, 1.165) is 10.2 Å². The molecule has 43 heavy (non-hydrogen) atoms. The Labute approximate surface area is 254 Å². The minimum Gasteiger partial charge on any atom is -0.480 e. The van der Waals surface area contributed by atoms with Gasteiger partial charge < -0.3 is 14.7 Å². The van der Waals surface area contributed by atoms with Gasteiger partial charge in [0, 0.05) is 34.3 Å². The van der Waals surface area contributed by atoms with E-state index < -0.39 is 29.0 Å². The Hall–Kier alpha value is -4.76. The molecule has 0 aliphatic heterocycles. The maximum Gasteiger partial charge on any atom is 0.335 e. The molecule has 1 unspecified atom stereocenters.